The Balaban J connectivity index is 1.75. The van der Waals surface area contributed by atoms with Gasteiger partial charge in [-0.25, -0.2) is 0 Å². The van der Waals surface area contributed by atoms with E-state index in [1.54, 1.807) is 0 Å². The molecule has 4 nitrogen and oxygen atoms in total. The Morgan fingerprint density at radius 2 is 2.21 bits per heavy atom. The molecule has 0 spiro atoms. The molecule has 0 bridgehead atoms. The summed E-state index contributed by atoms with van der Waals surface area (Å²) in [5.74, 6) is 0.791. The first-order valence-electron chi connectivity index (χ1n) is 7.40. The fourth-order valence-corrected chi connectivity index (χ4v) is 2.67. The highest BCUT2D eigenvalue weighted by atomic mass is 15.3. The topological polar surface area (TPSA) is 33.1 Å². The van der Waals surface area contributed by atoms with Crippen LogP contribution < -0.4 is 5.32 Å². The lowest BCUT2D eigenvalue weighted by atomic mass is 10.1. The minimum atomic E-state index is 0.230. The second kappa shape index (κ2) is 6.06. The SMILES string of the molecule is CC(Cn1cccn1)N1CCC(CNC(C)(C)C)C1. The van der Waals surface area contributed by atoms with Crippen LogP contribution in [-0.4, -0.2) is 45.9 Å². The Bertz CT molecular complexity index is 366. The molecule has 1 aliphatic rings. The predicted molar refractivity (Wildman–Crippen MR) is 79.1 cm³/mol. The maximum absolute atomic E-state index is 4.29. The Morgan fingerprint density at radius 3 is 2.84 bits per heavy atom. The van der Waals surface area contributed by atoms with Crippen LogP contribution in [0.5, 0.6) is 0 Å². The van der Waals surface area contributed by atoms with Crippen LogP contribution in [0, 0.1) is 5.92 Å². The number of likely N-dealkylation sites (tertiary alicyclic amines) is 1. The molecule has 4 heteroatoms. The zero-order valence-corrected chi connectivity index (χ0v) is 12.8. The molecule has 2 atom stereocenters. The highest BCUT2D eigenvalue weighted by Gasteiger charge is 2.26. The summed E-state index contributed by atoms with van der Waals surface area (Å²) in [7, 11) is 0. The lowest BCUT2D eigenvalue weighted by Crippen LogP contribution is -2.40. The maximum Gasteiger partial charge on any atom is 0.0562 e. The van der Waals surface area contributed by atoms with Gasteiger partial charge in [0.05, 0.1) is 6.54 Å². The van der Waals surface area contributed by atoms with Crippen molar-refractivity contribution < 1.29 is 0 Å². The minimum Gasteiger partial charge on any atom is -0.312 e. The summed E-state index contributed by atoms with van der Waals surface area (Å²) in [5, 5.41) is 7.92. The number of nitrogens with zero attached hydrogens (tertiary/aromatic N) is 3. The third-order valence-corrected chi connectivity index (χ3v) is 3.87. The monoisotopic (exact) mass is 264 g/mol. The quantitative estimate of drug-likeness (QED) is 0.883. The molecule has 1 aromatic heterocycles. The highest BCUT2D eigenvalue weighted by molar-refractivity contribution is 4.84. The van der Waals surface area contributed by atoms with E-state index in [0.29, 0.717) is 6.04 Å². The molecule has 108 valence electrons. The van der Waals surface area contributed by atoms with Gasteiger partial charge in [0.2, 0.25) is 0 Å². The van der Waals surface area contributed by atoms with Crippen LogP contribution in [0.1, 0.15) is 34.1 Å². The first kappa shape index (κ1) is 14.5. The van der Waals surface area contributed by atoms with Crippen LogP contribution in [0.4, 0.5) is 0 Å². The third kappa shape index (κ3) is 4.62. The van der Waals surface area contributed by atoms with Gasteiger partial charge in [0, 0.05) is 30.5 Å². The Morgan fingerprint density at radius 1 is 1.42 bits per heavy atom. The fourth-order valence-electron chi connectivity index (χ4n) is 2.67. The standard InChI is InChI=1S/C15H28N4/c1-13(11-19-8-5-7-17-19)18-9-6-14(12-18)10-16-15(2,3)4/h5,7-8,13-14,16H,6,9-12H2,1-4H3. The van der Waals surface area contributed by atoms with Crippen molar-refractivity contribution >= 4 is 0 Å². The van der Waals surface area contributed by atoms with E-state index in [0.717, 1.165) is 19.0 Å². The molecule has 1 saturated heterocycles. The van der Waals surface area contributed by atoms with E-state index in [-0.39, 0.29) is 5.54 Å². The van der Waals surface area contributed by atoms with Gasteiger partial charge in [0.25, 0.3) is 0 Å². The molecule has 0 aromatic carbocycles. The Hall–Kier alpha value is -0.870. The van der Waals surface area contributed by atoms with Gasteiger partial charge >= 0.3 is 0 Å². The molecular formula is C15H28N4. The van der Waals surface area contributed by atoms with Gasteiger partial charge in [-0.05, 0) is 59.2 Å². The molecule has 19 heavy (non-hydrogen) atoms. The molecule has 2 unspecified atom stereocenters. The molecule has 0 radical (unpaired) electrons. The van der Waals surface area contributed by atoms with Crippen LogP contribution in [0.15, 0.2) is 18.5 Å². The molecule has 1 N–H and O–H groups in total. The van der Waals surface area contributed by atoms with Gasteiger partial charge in [-0.1, -0.05) is 0 Å². The fraction of sp³-hybridized carbons (Fsp3) is 0.800. The summed E-state index contributed by atoms with van der Waals surface area (Å²) in [6, 6.07) is 2.56. The average molecular weight is 264 g/mol. The molecule has 1 fully saturated rings. The predicted octanol–water partition coefficient (Wildman–Crippen LogP) is 1.98. The number of hydrogen-bond donors (Lipinski definition) is 1. The average Bonchev–Trinajstić information content (AvgIpc) is 2.95. The van der Waals surface area contributed by atoms with Crippen LogP contribution in [0.3, 0.4) is 0 Å². The van der Waals surface area contributed by atoms with Gasteiger partial charge in [-0.3, -0.25) is 9.58 Å². The molecule has 0 amide bonds. The second-order valence-electron chi connectivity index (χ2n) is 6.86. The van der Waals surface area contributed by atoms with Crippen molar-refractivity contribution in [1.29, 1.82) is 0 Å². The first-order valence-corrected chi connectivity index (χ1v) is 7.40. The largest absolute Gasteiger partial charge is 0.312 e. The number of rotatable bonds is 5. The summed E-state index contributed by atoms with van der Waals surface area (Å²) in [6.45, 7) is 13.6. The van der Waals surface area contributed by atoms with Gasteiger partial charge < -0.3 is 5.32 Å². The summed E-state index contributed by atoms with van der Waals surface area (Å²) in [5.41, 5.74) is 0.230. The van der Waals surface area contributed by atoms with Crippen LogP contribution in [0.2, 0.25) is 0 Å². The van der Waals surface area contributed by atoms with Crippen LogP contribution in [-0.2, 0) is 6.54 Å². The van der Waals surface area contributed by atoms with Crippen LogP contribution >= 0.6 is 0 Å². The Kier molecular flexibility index (Phi) is 4.63. The van der Waals surface area contributed by atoms with Crippen molar-refractivity contribution in [1.82, 2.24) is 20.0 Å². The van der Waals surface area contributed by atoms with Crippen LogP contribution in [0.25, 0.3) is 0 Å². The van der Waals surface area contributed by atoms with Crippen molar-refractivity contribution in [2.24, 2.45) is 5.92 Å². The summed E-state index contributed by atoms with van der Waals surface area (Å²) in [6.07, 6.45) is 5.21. The van der Waals surface area contributed by atoms with Crippen molar-refractivity contribution in [3.05, 3.63) is 18.5 Å². The zero-order chi connectivity index (χ0) is 13.9. The maximum atomic E-state index is 4.29. The Labute approximate surface area is 117 Å². The number of nitrogens with one attached hydrogen (secondary N) is 1. The minimum absolute atomic E-state index is 0.230. The van der Waals surface area contributed by atoms with Gasteiger partial charge in [0.15, 0.2) is 0 Å². The molecule has 1 aliphatic heterocycles. The van der Waals surface area contributed by atoms with Gasteiger partial charge in [-0.15, -0.1) is 0 Å². The van der Waals surface area contributed by atoms with Crippen molar-refractivity contribution in [3.8, 4) is 0 Å². The highest BCUT2D eigenvalue weighted by Crippen LogP contribution is 2.19. The summed E-state index contributed by atoms with van der Waals surface area (Å²) >= 11 is 0. The normalized spacial score (nSPS) is 22.8. The van der Waals surface area contributed by atoms with Gasteiger partial charge in [-0.2, -0.15) is 5.10 Å². The first-order chi connectivity index (χ1) is 8.94. The molecule has 0 saturated carbocycles. The van der Waals surface area contributed by atoms with Crippen molar-refractivity contribution in [3.63, 3.8) is 0 Å². The van der Waals surface area contributed by atoms with E-state index in [1.165, 1.54) is 19.5 Å². The summed E-state index contributed by atoms with van der Waals surface area (Å²) < 4.78 is 2.03. The smallest absolute Gasteiger partial charge is 0.0562 e. The summed E-state index contributed by atoms with van der Waals surface area (Å²) in [4.78, 5) is 2.59. The molecule has 1 aromatic rings. The lowest BCUT2D eigenvalue weighted by Gasteiger charge is -2.26. The van der Waals surface area contributed by atoms with Gasteiger partial charge in [0.1, 0.15) is 0 Å². The van der Waals surface area contributed by atoms with Crippen molar-refractivity contribution in [2.45, 2.75) is 52.2 Å². The van der Waals surface area contributed by atoms with E-state index in [2.05, 4.69) is 43.0 Å². The van der Waals surface area contributed by atoms with E-state index in [4.69, 9.17) is 0 Å². The van der Waals surface area contributed by atoms with E-state index in [9.17, 15) is 0 Å². The van der Waals surface area contributed by atoms with E-state index in [1.807, 2.05) is 23.1 Å². The third-order valence-electron chi connectivity index (χ3n) is 3.87. The molecule has 0 aliphatic carbocycles. The second-order valence-corrected chi connectivity index (χ2v) is 6.86. The number of hydrogen-bond acceptors (Lipinski definition) is 3. The lowest BCUT2D eigenvalue weighted by molar-refractivity contribution is 0.219. The van der Waals surface area contributed by atoms with Crippen molar-refractivity contribution in [2.75, 3.05) is 19.6 Å². The zero-order valence-electron chi connectivity index (χ0n) is 12.8. The number of aromatic nitrogens is 2. The van der Waals surface area contributed by atoms with E-state index >= 15 is 0 Å². The molecule has 2 heterocycles. The van der Waals surface area contributed by atoms with E-state index < -0.39 is 0 Å². The molecule has 2 rings (SSSR count). The molecular weight excluding hydrogens is 236 g/mol.